The molecule has 1 fully saturated rings. The molecule has 1 aliphatic heterocycles. The maximum Gasteiger partial charge on any atom is 0.233 e. The summed E-state index contributed by atoms with van der Waals surface area (Å²) in [6.45, 7) is 6.78. The second-order valence-corrected chi connectivity index (χ2v) is 7.60. The van der Waals surface area contributed by atoms with E-state index in [1.165, 1.54) is 0 Å². The van der Waals surface area contributed by atoms with Crippen LogP contribution in [0.2, 0.25) is 0 Å². The molecule has 1 heterocycles. The molecule has 0 aliphatic carbocycles. The third-order valence-electron chi connectivity index (χ3n) is 5.28. The Morgan fingerprint density at radius 2 is 1.78 bits per heavy atom. The molecule has 3 rings (SSSR count). The monoisotopic (exact) mass is 365 g/mol. The van der Waals surface area contributed by atoms with E-state index in [0.29, 0.717) is 19.6 Å². The van der Waals surface area contributed by atoms with Crippen LogP contribution in [0.4, 0.5) is 0 Å². The minimum atomic E-state index is -0.742. The van der Waals surface area contributed by atoms with Crippen molar-refractivity contribution in [2.45, 2.75) is 51.7 Å². The van der Waals surface area contributed by atoms with Gasteiger partial charge in [0, 0.05) is 19.0 Å². The van der Waals surface area contributed by atoms with Gasteiger partial charge in [-0.3, -0.25) is 9.59 Å². The lowest BCUT2D eigenvalue weighted by Gasteiger charge is -2.29. The molecule has 27 heavy (non-hydrogen) atoms. The molecule has 4 heteroatoms. The Morgan fingerprint density at radius 3 is 2.33 bits per heavy atom. The number of nitrogens with zero attached hydrogens (tertiary/aromatic N) is 1. The maximum absolute atomic E-state index is 13.1. The van der Waals surface area contributed by atoms with Crippen LogP contribution in [0.3, 0.4) is 0 Å². The summed E-state index contributed by atoms with van der Waals surface area (Å²) in [4.78, 5) is 27.0. The van der Waals surface area contributed by atoms with Crippen molar-refractivity contribution in [2.75, 3.05) is 6.54 Å². The Kier molecular flexibility index (Phi) is 5.64. The summed E-state index contributed by atoms with van der Waals surface area (Å²) in [5.74, 6) is 0.857. The van der Waals surface area contributed by atoms with Gasteiger partial charge in [-0.1, -0.05) is 42.5 Å². The van der Waals surface area contributed by atoms with Crippen molar-refractivity contribution < 1.29 is 14.3 Å². The van der Waals surface area contributed by atoms with Crippen molar-refractivity contribution in [2.24, 2.45) is 0 Å². The van der Waals surface area contributed by atoms with Crippen LogP contribution in [0.5, 0.6) is 5.75 Å². The van der Waals surface area contributed by atoms with E-state index in [0.717, 1.165) is 16.9 Å². The van der Waals surface area contributed by atoms with Gasteiger partial charge in [0.2, 0.25) is 5.91 Å². The van der Waals surface area contributed by atoms with Crippen LogP contribution in [0.1, 0.15) is 44.7 Å². The summed E-state index contributed by atoms with van der Waals surface area (Å²) in [5, 5.41) is 0. The lowest BCUT2D eigenvalue weighted by Crippen LogP contribution is -2.41. The first kappa shape index (κ1) is 19.2. The Balaban J connectivity index is 1.80. The summed E-state index contributed by atoms with van der Waals surface area (Å²) >= 11 is 0. The Bertz CT molecular complexity index is 798. The fourth-order valence-electron chi connectivity index (χ4n) is 3.86. The van der Waals surface area contributed by atoms with E-state index in [9.17, 15) is 9.59 Å². The van der Waals surface area contributed by atoms with Crippen LogP contribution in [-0.4, -0.2) is 29.2 Å². The molecule has 0 bridgehead atoms. The molecule has 0 aromatic heterocycles. The molecule has 0 spiro atoms. The molecule has 0 saturated carbocycles. The smallest absolute Gasteiger partial charge is 0.233 e. The van der Waals surface area contributed by atoms with Gasteiger partial charge in [-0.25, -0.2) is 0 Å². The van der Waals surface area contributed by atoms with Crippen LogP contribution in [0.15, 0.2) is 54.6 Å². The fourth-order valence-corrected chi connectivity index (χ4v) is 3.86. The van der Waals surface area contributed by atoms with Gasteiger partial charge in [-0.2, -0.15) is 0 Å². The molecule has 0 N–H and O–H groups in total. The molecule has 2 aromatic rings. The van der Waals surface area contributed by atoms with E-state index in [1.54, 1.807) is 6.92 Å². The predicted octanol–water partition coefficient (Wildman–Crippen LogP) is 4.12. The summed E-state index contributed by atoms with van der Waals surface area (Å²) in [7, 11) is 0. The lowest BCUT2D eigenvalue weighted by molar-refractivity contribution is -0.136. The minimum absolute atomic E-state index is 0.0401. The van der Waals surface area contributed by atoms with Crippen LogP contribution in [0.25, 0.3) is 0 Å². The minimum Gasteiger partial charge on any atom is -0.489 e. The van der Waals surface area contributed by atoms with Crippen LogP contribution in [0, 0.1) is 0 Å². The highest BCUT2D eigenvalue weighted by molar-refractivity contribution is 5.95. The highest BCUT2D eigenvalue weighted by atomic mass is 16.5. The average molecular weight is 365 g/mol. The first-order chi connectivity index (χ1) is 12.9. The van der Waals surface area contributed by atoms with Crippen LogP contribution < -0.4 is 4.74 Å². The number of hydrogen-bond donors (Lipinski definition) is 0. The third kappa shape index (κ3) is 4.05. The third-order valence-corrected chi connectivity index (χ3v) is 5.28. The molecule has 1 amide bonds. The highest BCUT2D eigenvalue weighted by Crippen LogP contribution is 2.40. The summed E-state index contributed by atoms with van der Waals surface area (Å²) < 4.78 is 5.85. The summed E-state index contributed by atoms with van der Waals surface area (Å²) in [6.07, 6.45) is 0.924. The zero-order valence-electron chi connectivity index (χ0n) is 16.3. The van der Waals surface area contributed by atoms with Gasteiger partial charge in [0.1, 0.15) is 18.1 Å². The van der Waals surface area contributed by atoms with Crippen LogP contribution in [-0.2, 0) is 21.6 Å². The van der Waals surface area contributed by atoms with Crippen LogP contribution >= 0.6 is 0 Å². The molecular formula is C23H27NO3. The van der Waals surface area contributed by atoms with E-state index in [1.807, 2.05) is 73.3 Å². The van der Waals surface area contributed by atoms with Gasteiger partial charge in [-0.15, -0.1) is 0 Å². The van der Waals surface area contributed by atoms with Crippen molar-refractivity contribution >= 4 is 11.7 Å². The van der Waals surface area contributed by atoms with Gasteiger partial charge in [0.25, 0.3) is 0 Å². The van der Waals surface area contributed by atoms with Gasteiger partial charge < -0.3 is 9.64 Å². The highest BCUT2D eigenvalue weighted by Gasteiger charge is 2.49. The first-order valence-corrected chi connectivity index (χ1v) is 9.50. The lowest BCUT2D eigenvalue weighted by atomic mass is 9.75. The second-order valence-electron chi connectivity index (χ2n) is 7.60. The van der Waals surface area contributed by atoms with Gasteiger partial charge >= 0.3 is 0 Å². The van der Waals surface area contributed by atoms with E-state index in [-0.39, 0.29) is 24.2 Å². The first-order valence-electron chi connectivity index (χ1n) is 9.50. The number of rotatable bonds is 7. The number of ether oxygens (including phenoxy) is 1. The van der Waals surface area contributed by atoms with E-state index in [2.05, 4.69) is 0 Å². The van der Waals surface area contributed by atoms with E-state index < -0.39 is 5.41 Å². The molecule has 1 saturated heterocycles. The number of benzene rings is 2. The number of Topliss-reactive ketones (excluding diaryl/α,β-unsaturated/α-hetero) is 1. The van der Waals surface area contributed by atoms with E-state index in [4.69, 9.17) is 4.74 Å². The zero-order valence-corrected chi connectivity index (χ0v) is 16.3. The molecule has 1 atom stereocenters. The molecule has 4 nitrogen and oxygen atoms in total. The number of ketones is 1. The standard InChI is InChI=1S/C23H27NO3/c1-17(2)24-14-13-23(22(24)26,15-18(3)25)20-9-11-21(12-10-20)27-16-19-7-5-4-6-8-19/h4-12,17H,13-16H2,1-3H3. The van der Waals surface area contributed by atoms with Gasteiger partial charge in [0.05, 0.1) is 5.41 Å². The number of amides is 1. The Hall–Kier alpha value is -2.62. The summed E-state index contributed by atoms with van der Waals surface area (Å²) in [6, 6.07) is 17.8. The predicted molar refractivity (Wildman–Crippen MR) is 106 cm³/mol. The molecular weight excluding hydrogens is 338 g/mol. The number of likely N-dealkylation sites (tertiary alicyclic amines) is 1. The van der Waals surface area contributed by atoms with Gasteiger partial charge in [-0.05, 0) is 50.5 Å². The molecule has 1 aliphatic rings. The number of carbonyl (C=O) groups is 2. The summed E-state index contributed by atoms with van der Waals surface area (Å²) in [5.41, 5.74) is 1.26. The van der Waals surface area contributed by atoms with E-state index >= 15 is 0 Å². The molecule has 2 aromatic carbocycles. The zero-order chi connectivity index (χ0) is 19.4. The van der Waals surface area contributed by atoms with Crippen molar-refractivity contribution in [1.29, 1.82) is 0 Å². The molecule has 1 unspecified atom stereocenters. The molecule has 142 valence electrons. The maximum atomic E-state index is 13.1. The second kappa shape index (κ2) is 7.95. The largest absolute Gasteiger partial charge is 0.489 e. The number of hydrogen-bond acceptors (Lipinski definition) is 3. The topological polar surface area (TPSA) is 46.6 Å². The van der Waals surface area contributed by atoms with Crippen molar-refractivity contribution in [3.63, 3.8) is 0 Å². The van der Waals surface area contributed by atoms with Crippen molar-refractivity contribution in [1.82, 2.24) is 4.90 Å². The fraction of sp³-hybridized carbons (Fsp3) is 0.391. The Labute approximate surface area is 161 Å². The van der Waals surface area contributed by atoms with Gasteiger partial charge in [0.15, 0.2) is 0 Å². The average Bonchev–Trinajstić information content (AvgIpc) is 2.98. The Morgan fingerprint density at radius 1 is 1.11 bits per heavy atom. The van der Waals surface area contributed by atoms with Crippen molar-refractivity contribution in [3.8, 4) is 5.75 Å². The molecule has 0 radical (unpaired) electrons. The normalized spacial score (nSPS) is 19.6. The SMILES string of the molecule is CC(=O)CC1(c2ccc(OCc3ccccc3)cc2)CCN(C(C)C)C1=O. The van der Waals surface area contributed by atoms with Crippen molar-refractivity contribution in [3.05, 3.63) is 65.7 Å². The number of carbonyl (C=O) groups excluding carboxylic acids is 2. The quantitative estimate of drug-likeness (QED) is 0.741.